The summed E-state index contributed by atoms with van der Waals surface area (Å²) in [5.74, 6) is 1.55. The van der Waals surface area contributed by atoms with E-state index in [0.717, 1.165) is 18.4 Å². The lowest BCUT2D eigenvalue weighted by Gasteiger charge is -2.43. The second kappa shape index (κ2) is 6.19. The van der Waals surface area contributed by atoms with Crippen molar-refractivity contribution in [1.29, 1.82) is 0 Å². The highest BCUT2D eigenvalue weighted by atomic mass is 15.2. The van der Waals surface area contributed by atoms with Gasteiger partial charge in [0.25, 0.3) is 0 Å². The highest BCUT2D eigenvalue weighted by molar-refractivity contribution is 4.90. The summed E-state index contributed by atoms with van der Waals surface area (Å²) in [5.41, 5.74) is 0.369. The molecule has 1 saturated heterocycles. The van der Waals surface area contributed by atoms with E-state index in [9.17, 15) is 0 Å². The Morgan fingerprint density at radius 2 is 1.82 bits per heavy atom. The molecule has 0 aromatic carbocycles. The summed E-state index contributed by atoms with van der Waals surface area (Å²) in [6, 6.07) is 0.645. The van der Waals surface area contributed by atoms with Gasteiger partial charge in [-0.2, -0.15) is 0 Å². The average Bonchev–Trinajstić information content (AvgIpc) is 2.29. The van der Waals surface area contributed by atoms with Gasteiger partial charge in [-0.3, -0.25) is 5.32 Å². The Morgan fingerprint density at radius 1 is 1.18 bits per heavy atom. The highest BCUT2D eigenvalue weighted by Crippen LogP contribution is 2.28. The fourth-order valence-electron chi connectivity index (χ4n) is 2.97. The first-order valence-electron chi connectivity index (χ1n) is 7.39. The van der Waals surface area contributed by atoms with Crippen molar-refractivity contribution < 1.29 is 0 Å². The van der Waals surface area contributed by atoms with E-state index in [2.05, 4.69) is 52.2 Å². The van der Waals surface area contributed by atoms with Gasteiger partial charge >= 0.3 is 0 Å². The maximum Gasteiger partial charge on any atom is 0.0605 e. The largest absolute Gasteiger partial charge is 0.302 e. The quantitative estimate of drug-likeness (QED) is 0.787. The first-order valence-corrected chi connectivity index (χ1v) is 7.39. The van der Waals surface area contributed by atoms with Gasteiger partial charge in [0.05, 0.1) is 6.17 Å². The highest BCUT2D eigenvalue weighted by Gasteiger charge is 2.33. The van der Waals surface area contributed by atoms with Crippen LogP contribution in [0.15, 0.2) is 0 Å². The maximum absolute atomic E-state index is 3.85. The van der Waals surface area contributed by atoms with Gasteiger partial charge in [-0.05, 0) is 30.2 Å². The van der Waals surface area contributed by atoms with Crippen molar-refractivity contribution in [1.82, 2.24) is 10.6 Å². The molecule has 0 aliphatic carbocycles. The van der Waals surface area contributed by atoms with Crippen LogP contribution in [0.5, 0.6) is 0 Å². The summed E-state index contributed by atoms with van der Waals surface area (Å²) in [7, 11) is 0. The summed E-state index contributed by atoms with van der Waals surface area (Å²) in [6.45, 7) is 15.2. The van der Waals surface area contributed by atoms with E-state index in [1.165, 1.54) is 19.3 Å². The Morgan fingerprint density at radius 3 is 2.29 bits per heavy atom. The van der Waals surface area contributed by atoms with Crippen LogP contribution in [-0.2, 0) is 0 Å². The van der Waals surface area contributed by atoms with Crippen LogP contribution in [0.3, 0.4) is 0 Å². The monoisotopic (exact) mass is 240 g/mol. The molecule has 2 N–H and O–H groups in total. The number of hydrogen-bond acceptors (Lipinski definition) is 2. The molecule has 0 spiro atoms. The fraction of sp³-hybridized carbons (Fsp3) is 1.00. The number of nitrogens with one attached hydrogen (secondary N) is 2. The average molecular weight is 240 g/mol. The molecule has 0 saturated carbocycles. The molecule has 0 amide bonds. The predicted octanol–water partition coefficient (Wildman–Crippen LogP) is 3.38. The van der Waals surface area contributed by atoms with Crippen LogP contribution in [0.2, 0.25) is 0 Å². The Balaban J connectivity index is 2.64. The van der Waals surface area contributed by atoms with Crippen LogP contribution in [-0.4, -0.2) is 18.8 Å². The van der Waals surface area contributed by atoms with Crippen molar-refractivity contribution in [2.24, 2.45) is 17.3 Å². The standard InChI is InChI=1S/C15H32N2/c1-7-11(3)12(8-2)14-16-10-9-13(17-14)15(4,5)6/h11-14,16-17H,7-10H2,1-6H3. The van der Waals surface area contributed by atoms with Crippen LogP contribution in [0.25, 0.3) is 0 Å². The summed E-state index contributed by atoms with van der Waals surface area (Å²) in [5, 5.41) is 7.52. The lowest BCUT2D eigenvalue weighted by molar-refractivity contribution is 0.123. The summed E-state index contributed by atoms with van der Waals surface area (Å²) >= 11 is 0. The number of hydrogen-bond donors (Lipinski definition) is 2. The summed E-state index contributed by atoms with van der Waals surface area (Å²) in [6.07, 6.45) is 4.29. The maximum atomic E-state index is 3.85. The zero-order valence-corrected chi connectivity index (χ0v) is 12.6. The van der Waals surface area contributed by atoms with Crippen LogP contribution >= 0.6 is 0 Å². The number of rotatable bonds is 4. The minimum Gasteiger partial charge on any atom is -0.302 e. The van der Waals surface area contributed by atoms with Gasteiger partial charge in [-0.15, -0.1) is 0 Å². The van der Waals surface area contributed by atoms with Gasteiger partial charge in [-0.1, -0.05) is 54.4 Å². The third-order valence-electron chi connectivity index (χ3n) is 4.50. The third kappa shape index (κ3) is 3.96. The zero-order valence-electron chi connectivity index (χ0n) is 12.6. The molecular formula is C15H32N2. The van der Waals surface area contributed by atoms with Gasteiger partial charge < -0.3 is 5.32 Å². The predicted molar refractivity (Wildman–Crippen MR) is 76.0 cm³/mol. The molecule has 4 atom stereocenters. The van der Waals surface area contributed by atoms with Gasteiger partial charge in [-0.25, -0.2) is 0 Å². The van der Waals surface area contributed by atoms with E-state index in [0.29, 0.717) is 17.6 Å². The van der Waals surface area contributed by atoms with Gasteiger partial charge in [0.2, 0.25) is 0 Å². The molecule has 0 aromatic heterocycles. The SMILES string of the molecule is CCC(C)C(CC)C1NCCC(C(C)(C)C)N1. The molecule has 2 nitrogen and oxygen atoms in total. The van der Waals surface area contributed by atoms with Crippen LogP contribution < -0.4 is 10.6 Å². The Labute approximate surface area is 108 Å². The van der Waals surface area contributed by atoms with Crippen molar-refractivity contribution in [3.05, 3.63) is 0 Å². The van der Waals surface area contributed by atoms with Crippen molar-refractivity contribution in [2.75, 3.05) is 6.54 Å². The van der Waals surface area contributed by atoms with E-state index >= 15 is 0 Å². The second-order valence-electron chi connectivity index (χ2n) is 6.76. The van der Waals surface area contributed by atoms with E-state index in [-0.39, 0.29) is 0 Å². The lowest BCUT2D eigenvalue weighted by atomic mass is 9.80. The molecule has 1 heterocycles. The van der Waals surface area contributed by atoms with Crippen molar-refractivity contribution >= 4 is 0 Å². The molecular weight excluding hydrogens is 208 g/mol. The molecule has 17 heavy (non-hydrogen) atoms. The molecule has 4 unspecified atom stereocenters. The van der Waals surface area contributed by atoms with Crippen LogP contribution in [0, 0.1) is 17.3 Å². The Hall–Kier alpha value is -0.0800. The molecule has 102 valence electrons. The molecule has 0 bridgehead atoms. The molecule has 2 heteroatoms. The van der Waals surface area contributed by atoms with Crippen LogP contribution in [0.4, 0.5) is 0 Å². The van der Waals surface area contributed by atoms with E-state index in [1.54, 1.807) is 0 Å². The normalized spacial score (nSPS) is 30.0. The first kappa shape index (κ1) is 15.0. The minimum absolute atomic E-state index is 0.369. The third-order valence-corrected chi connectivity index (χ3v) is 4.50. The molecule has 0 aromatic rings. The molecule has 1 aliphatic rings. The summed E-state index contributed by atoms with van der Waals surface area (Å²) in [4.78, 5) is 0. The van der Waals surface area contributed by atoms with Gasteiger partial charge in [0.1, 0.15) is 0 Å². The second-order valence-corrected chi connectivity index (χ2v) is 6.76. The molecule has 1 fully saturated rings. The van der Waals surface area contributed by atoms with E-state index in [4.69, 9.17) is 0 Å². The van der Waals surface area contributed by atoms with Crippen molar-refractivity contribution in [2.45, 2.75) is 73.0 Å². The molecule has 1 aliphatic heterocycles. The van der Waals surface area contributed by atoms with Crippen molar-refractivity contribution in [3.8, 4) is 0 Å². The smallest absolute Gasteiger partial charge is 0.0605 e. The topological polar surface area (TPSA) is 24.1 Å². The Bertz CT molecular complexity index is 219. The van der Waals surface area contributed by atoms with Crippen LogP contribution in [0.1, 0.15) is 60.8 Å². The summed E-state index contributed by atoms with van der Waals surface area (Å²) < 4.78 is 0. The fourth-order valence-corrected chi connectivity index (χ4v) is 2.97. The van der Waals surface area contributed by atoms with E-state index < -0.39 is 0 Å². The van der Waals surface area contributed by atoms with Gasteiger partial charge in [0.15, 0.2) is 0 Å². The molecule has 0 radical (unpaired) electrons. The van der Waals surface area contributed by atoms with E-state index in [1.807, 2.05) is 0 Å². The minimum atomic E-state index is 0.369. The van der Waals surface area contributed by atoms with Crippen molar-refractivity contribution in [3.63, 3.8) is 0 Å². The molecule has 1 rings (SSSR count). The lowest BCUT2D eigenvalue weighted by Crippen LogP contribution is -2.61. The van der Waals surface area contributed by atoms with Gasteiger partial charge in [0, 0.05) is 6.04 Å². The Kier molecular flexibility index (Phi) is 5.46. The first-order chi connectivity index (χ1) is 7.90. The zero-order chi connectivity index (χ0) is 13.1.